The fraction of sp³-hybridized carbons (Fsp3) is 0.360. The molecule has 17 heteroatoms. The second kappa shape index (κ2) is 13.8. The molecule has 0 bridgehead atoms. The van der Waals surface area contributed by atoms with E-state index in [1.165, 1.54) is 36.1 Å². The Hall–Kier alpha value is -3.25. The number of nitrogens with zero attached hydrogens (tertiary/aromatic N) is 3. The smallest absolute Gasteiger partial charge is 0.352 e. The second-order valence-corrected chi connectivity index (χ2v) is 13.6. The van der Waals surface area contributed by atoms with Crippen LogP contribution in [0.15, 0.2) is 44.9 Å². The van der Waals surface area contributed by atoms with Crippen LogP contribution >= 0.6 is 34.9 Å². The van der Waals surface area contributed by atoms with Crippen molar-refractivity contribution < 1.29 is 33.3 Å². The van der Waals surface area contributed by atoms with Crippen LogP contribution in [-0.4, -0.2) is 84.4 Å². The highest BCUT2D eigenvalue weighted by Gasteiger charge is 2.54. The van der Waals surface area contributed by atoms with Crippen molar-refractivity contribution in [1.29, 1.82) is 0 Å². The average molecular weight is 653 g/mol. The van der Waals surface area contributed by atoms with Gasteiger partial charge in [-0.05, 0) is 42.2 Å². The highest BCUT2D eigenvalue weighted by Crippen LogP contribution is 2.41. The van der Waals surface area contributed by atoms with Crippen LogP contribution < -0.4 is 15.8 Å². The molecule has 3 atom stereocenters. The minimum absolute atomic E-state index is 0.0179. The van der Waals surface area contributed by atoms with E-state index in [1.807, 2.05) is 13.0 Å². The molecule has 1 aromatic heterocycles. The fourth-order valence-electron chi connectivity index (χ4n) is 4.32. The maximum atomic E-state index is 13.2. The zero-order chi connectivity index (χ0) is 30.6. The number of thioether (sulfide) groups is 2. The number of benzene rings is 1. The molecule has 0 aliphatic carbocycles. The summed E-state index contributed by atoms with van der Waals surface area (Å²) in [5, 5.41) is 17.5. The SMILES string of the molecule is CO/N=C(\C(=O)NC1C(=O)N2C(C(=O)O)=C(Cc3cc(S(=O)NCCSC(C)=O)ccc3C)CSC12)c1csc(N)n1. The van der Waals surface area contributed by atoms with Crippen molar-refractivity contribution in [3.63, 3.8) is 0 Å². The number of hydrogen-bond donors (Lipinski definition) is 4. The van der Waals surface area contributed by atoms with Crippen LogP contribution in [0.5, 0.6) is 0 Å². The molecule has 2 aliphatic rings. The van der Waals surface area contributed by atoms with E-state index in [0.29, 0.717) is 28.5 Å². The zero-order valence-corrected chi connectivity index (χ0v) is 26.0. The van der Waals surface area contributed by atoms with Gasteiger partial charge in [-0.25, -0.2) is 18.7 Å². The summed E-state index contributed by atoms with van der Waals surface area (Å²) in [6, 6.07) is 4.31. The van der Waals surface area contributed by atoms with Crippen LogP contribution in [0.1, 0.15) is 23.7 Å². The number of fused-ring (bicyclic) bond motifs is 1. The Labute approximate surface area is 256 Å². The molecule has 42 heavy (non-hydrogen) atoms. The van der Waals surface area contributed by atoms with E-state index >= 15 is 0 Å². The van der Waals surface area contributed by atoms with E-state index in [1.54, 1.807) is 12.1 Å². The number of nitrogens with one attached hydrogen (secondary N) is 2. The third-order valence-corrected chi connectivity index (χ3v) is 10.3. The average Bonchev–Trinajstić information content (AvgIpc) is 3.38. The number of carbonyl (C=O) groups is 4. The molecule has 0 saturated carbocycles. The molecule has 2 aliphatic heterocycles. The molecule has 13 nitrogen and oxygen atoms in total. The Bertz CT molecular complexity index is 1510. The topological polar surface area (TPSA) is 193 Å². The van der Waals surface area contributed by atoms with Gasteiger partial charge >= 0.3 is 5.97 Å². The van der Waals surface area contributed by atoms with Gasteiger partial charge in [0, 0.05) is 30.4 Å². The Balaban J connectivity index is 1.49. The number of carboxylic acids is 1. The molecule has 3 unspecified atom stereocenters. The van der Waals surface area contributed by atoms with Gasteiger partial charge < -0.3 is 21.0 Å². The van der Waals surface area contributed by atoms with Crippen molar-refractivity contribution in [3.8, 4) is 0 Å². The van der Waals surface area contributed by atoms with Crippen LogP contribution in [0.2, 0.25) is 0 Å². The standard InChI is InChI=1S/C25H28N6O7S4/c1-12-4-5-16(42(37)27-6-7-39-13(2)32)9-14(12)8-15-10-40-23-19(22(34)31(23)20(15)24(35)36)29-21(33)18(30-38-3)17-11-41-25(26)28-17/h4-5,9,11,19,23,27H,6-8,10H2,1-3H3,(H2,26,28)(H,29,33)(H,35,36)/b30-18-. The number of rotatable bonds is 12. The van der Waals surface area contributed by atoms with Crippen LogP contribution in [0.3, 0.4) is 0 Å². The second-order valence-electron chi connectivity index (χ2n) is 9.08. The summed E-state index contributed by atoms with van der Waals surface area (Å²) in [5.41, 5.74) is 7.74. The van der Waals surface area contributed by atoms with Gasteiger partial charge in [-0.1, -0.05) is 23.0 Å². The van der Waals surface area contributed by atoms with Crippen LogP contribution in [0.4, 0.5) is 5.13 Å². The van der Waals surface area contributed by atoms with E-state index < -0.39 is 40.2 Å². The van der Waals surface area contributed by atoms with Gasteiger partial charge in [0.15, 0.2) is 16.0 Å². The van der Waals surface area contributed by atoms with E-state index in [2.05, 4.69) is 20.2 Å². The van der Waals surface area contributed by atoms with Crippen LogP contribution in [-0.2, 0) is 41.4 Å². The summed E-state index contributed by atoms with van der Waals surface area (Å²) in [6.07, 6.45) is 0.231. The number of oxime groups is 1. The lowest BCUT2D eigenvalue weighted by molar-refractivity contribution is -0.150. The molecule has 224 valence electrons. The predicted octanol–water partition coefficient (Wildman–Crippen LogP) is 1.26. The lowest BCUT2D eigenvalue weighted by Crippen LogP contribution is -2.71. The first-order chi connectivity index (χ1) is 20.0. The molecule has 5 N–H and O–H groups in total. The number of aryl methyl sites for hydroxylation is 1. The summed E-state index contributed by atoms with van der Waals surface area (Å²) < 4.78 is 15.6. The number of anilines is 1. The molecule has 1 saturated heterocycles. The summed E-state index contributed by atoms with van der Waals surface area (Å²) in [5.74, 6) is -1.74. The number of nitrogens with two attached hydrogens (primary N) is 1. The summed E-state index contributed by atoms with van der Waals surface area (Å²) in [6.45, 7) is 3.71. The Morgan fingerprint density at radius 1 is 1.36 bits per heavy atom. The number of aromatic nitrogens is 1. The third-order valence-electron chi connectivity index (χ3n) is 6.28. The van der Waals surface area contributed by atoms with Crippen LogP contribution in [0.25, 0.3) is 0 Å². The van der Waals surface area contributed by atoms with Crippen molar-refractivity contribution in [2.24, 2.45) is 5.16 Å². The first-order valence-corrected chi connectivity index (χ1v) is 16.5. The van der Waals surface area contributed by atoms with Crippen molar-refractivity contribution in [3.05, 3.63) is 51.7 Å². The molecular formula is C25H28N6O7S4. The largest absolute Gasteiger partial charge is 0.477 e. The number of β-lactam (4-membered cyclic amide) rings is 1. The fourth-order valence-corrected chi connectivity index (χ4v) is 7.73. The molecule has 4 rings (SSSR count). The molecule has 0 radical (unpaired) electrons. The van der Waals surface area contributed by atoms with Crippen molar-refractivity contribution >= 4 is 79.6 Å². The van der Waals surface area contributed by atoms with Gasteiger partial charge in [0.2, 0.25) is 0 Å². The first-order valence-electron chi connectivity index (χ1n) is 12.4. The molecule has 0 spiro atoms. The maximum Gasteiger partial charge on any atom is 0.352 e. The number of aliphatic carboxylic acids is 1. The molecule has 2 aromatic rings. The summed E-state index contributed by atoms with van der Waals surface area (Å²) in [4.78, 5) is 60.1. The van der Waals surface area contributed by atoms with E-state index in [4.69, 9.17) is 10.6 Å². The molecule has 1 aromatic carbocycles. The number of nitrogen functional groups attached to an aromatic ring is 1. The Morgan fingerprint density at radius 3 is 2.76 bits per heavy atom. The van der Waals surface area contributed by atoms with Gasteiger partial charge in [-0.3, -0.25) is 19.3 Å². The van der Waals surface area contributed by atoms with Crippen LogP contribution in [0, 0.1) is 6.92 Å². The van der Waals surface area contributed by atoms with Gasteiger partial charge in [0.25, 0.3) is 11.8 Å². The zero-order valence-electron chi connectivity index (χ0n) is 22.7. The van der Waals surface area contributed by atoms with E-state index in [-0.39, 0.29) is 33.8 Å². The van der Waals surface area contributed by atoms with Crippen molar-refractivity contribution in [1.82, 2.24) is 19.9 Å². The van der Waals surface area contributed by atoms with Crippen molar-refractivity contribution in [2.75, 3.05) is 30.9 Å². The number of thiazole rings is 1. The lowest BCUT2D eigenvalue weighted by atomic mass is 9.97. The highest BCUT2D eigenvalue weighted by atomic mass is 32.2. The van der Waals surface area contributed by atoms with Crippen molar-refractivity contribution in [2.45, 2.75) is 36.6 Å². The summed E-state index contributed by atoms with van der Waals surface area (Å²) in [7, 11) is -0.256. The summed E-state index contributed by atoms with van der Waals surface area (Å²) >= 11 is 3.59. The lowest BCUT2D eigenvalue weighted by Gasteiger charge is -2.49. The van der Waals surface area contributed by atoms with E-state index in [9.17, 15) is 28.5 Å². The minimum Gasteiger partial charge on any atom is -0.477 e. The van der Waals surface area contributed by atoms with E-state index in [0.717, 1.165) is 34.2 Å². The Morgan fingerprint density at radius 2 is 2.12 bits per heavy atom. The minimum atomic E-state index is -1.52. The molecular weight excluding hydrogens is 625 g/mol. The number of hydrogen-bond acceptors (Lipinski definition) is 12. The number of carbonyl (C=O) groups excluding carboxylic acids is 3. The van der Waals surface area contributed by atoms with Gasteiger partial charge in [-0.15, -0.1) is 23.1 Å². The van der Waals surface area contributed by atoms with Gasteiger partial charge in [0.1, 0.15) is 40.9 Å². The normalized spacial score (nSPS) is 19.2. The quantitative estimate of drug-likeness (QED) is 0.112. The maximum absolute atomic E-state index is 13.2. The third kappa shape index (κ3) is 7.03. The molecule has 1 fully saturated rings. The highest BCUT2D eigenvalue weighted by molar-refractivity contribution is 8.13. The monoisotopic (exact) mass is 652 g/mol. The number of carboxylic acid groups (broad SMARTS) is 1. The van der Waals surface area contributed by atoms with Gasteiger partial charge in [-0.2, -0.15) is 0 Å². The number of amides is 2. The Kier molecular flexibility index (Phi) is 10.4. The predicted molar refractivity (Wildman–Crippen MR) is 162 cm³/mol. The van der Waals surface area contributed by atoms with Gasteiger partial charge in [0.05, 0.1) is 4.90 Å². The molecule has 3 heterocycles. The first kappa shape index (κ1) is 31.7. The molecule has 2 amide bonds.